The Morgan fingerprint density at radius 2 is 0.804 bits per heavy atom. The summed E-state index contributed by atoms with van der Waals surface area (Å²) in [6.45, 7) is 5.12. The molecule has 4 nitrogen and oxygen atoms in total. The van der Waals surface area contributed by atoms with E-state index in [0.29, 0.717) is 13.1 Å². The minimum atomic E-state index is 0.571. The highest BCUT2D eigenvalue weighted by Crippen LogP contribution is 2.37. The van der Waals surface area contributed by atoms with Crippen molar-refractivity contribution in [1.82, 2.24) is 9.97 Å². The summed E-state index contributed by atoms with van der Waals surface area (Å²) in [4.78, 5) is 19.4. The SMILES string of the molecule is Cc1nc(C)c(C=NCc2ccc3ccc4cccc5ccc2c3c45)nc1C=NCc1ccc2ccc3cccc4ccc1c2c34. The molecular formula is C42H30N4. The Hall–Kier alpha value is -5.74. The van der Waals surface area contributed by atoms with Crippen LogP contribution >= 0.6 is 0 Å². The van der Waals surface area contributed by atoms with Gasteiger partial charge in [-0.1, -0.05) is 109 Å². The van der Waals surface area contributed by atoms with Crippen LogP contribution in [0.4, 0.5) is 0 Å². The Bertz CT molecular complexity index is 2450. The highest BCUT2D eigenvalue weighted by atomic mass is 14.9. The summed E-state index contributed by atoms with van der Waals surface area (Å²) in [6, 6.07) is 39.6. The first-order chi connectivity index (χ1) is 22.6. The van der Waals surface area contributed by atoms with E-state index in [2.05, 4.69) is 109 Å². The van der Waals surface area contributed by atoms with Crippen LogP contribution in [-0.4, -0.2) is 22.4 Å². The molecular weight excluding hydrogens is 560 g/mol. The zero-order chi connectivity index (χ0) is 30.8. The van der Waals surface area contributed by atoms with Crippen LogP contribution in [0.1, 0.15) is 33.9 Å². The van der Waals surface area contributed by atoms with E-state index in [0.717, 1.165) is 22.8 Å². The van der Waals surface area contributed by atoms with E-state index in [-0.39, 0.29) is 0 Å². The van der Waals surface area contributed by atoms with Crippen LogP contribution in [0.5, 0.6) is 0 Å². The van der Waals surface area contributed by atoms with E-state index in [9.17, 15) is 0 Å². The number of hydrogen-bond acceptors (Lipinski definition) is 4. The normalized spacial score (nSPS) is 12.6. The molecule has 9 aromatic rings. The lowest BCUT2D eigenvalue weighted by Crippen LogP contribution is -2.05. The summed E-state index contributed by atoms with van der Waals surface area (Å²) in [5.41, 5.74) is 5.67. The molecule has 0 saturated carbocycles. The molecule has 1 aromatic heterocycles. The summed E-state index contributed by atoms with van der Waals surface area (Å²) < 4.78 is 0. The van der Waals surface area contributed by atoms with Gasteiger partial charge in [0.1, 0.15) is 11.4 Å². The molecule has 0 atom stereocenters. The van der Waals surface area contributed by atoms with Gasteiger partial charge in [-0.05, 0) is 89.6 Å². The molecule has 8 aromatic carbocycles. The predicted molar refractivity (Wildman–Crippen MR) is 194 cm³/mol. The molecule has 0 aliphatic carbocycles. The lowest BCUT2D eigenvalue weighted by atomic mass is 9.92. The van der Waals surface area contributed by atoms with Crippen LogP contribution in [0, 0.1) is 13.8 Å². The molecule has 9 rings (SSSR count). The highest BCUT2D eigenvalue weighted by Gasteiger charge is 2.12. The quantitative estimate of drug-likeness (QED) is 0.143. The first-order valence-electron chi connectivity index (χ1n) is 15.8. The van der Waals surface area contributed by atoms with E-state index in [1.165, 1.54) is 75.8 Å². The van der Waals surface area contributed by atoms with Gasteiger partial charge in [-0.2, -0.15) is 0 Å². The third-order valence-electron chi connectivity index (χ3n) is 9.51. The van der Waals surface area contributed by atoms with E-state index in [4.69, 9.17) is 20.0 Å². The van der Waals surface area contributed by atoms with Gasteiger partial charge in [0.15, 0.2) is 0 Å². The Kier molecular flexibility index (Phi) is 6.04. The summed E-state index contributed by atoms with van der Waals surface area (Å²) in [5.74, 6) is 0. The van der Waals surface area contributed by atoms with Crippen molar-refractivity contribution >= 4 is 77.1 Å². The van der Waals surface area contributed by atoms with Crippen LogP contribution in [-0.2, 0) is 13.1 Å². The van der Waals surface area contributed by atoms with Crippen molar-refractivity contribution in [2.24, 2.45) is 9.98 Å². The molecule has 46 heavy (non-hydrogen) atoms. The molecule has 0 amide bonds. The first kappa shape index (κ1) is 26.6. The topological polar surface area (TPSA) is 50.5 Å². The van der Waals surface area contributed by atoms with Crippen molar-refractivity contribution < 1.29 is 0 Å². The zero-order valence-corrected chi connectivity index (χ0v) is 25.8. The minimum Gasteiger partial charge on any atom is -0.286 e. The molecule has 0 aliphatic rings. The third-order valence-corrected chi connectivity index (χ3v) is 9.51. The number of aliphatic imine (C=N–C) groups is 2. The average Bonchev–Trinajstić information content (AvgIpc) is 3.08. The van der Waals surface area contributed by atoms with Gasteiger partial charge in [-0.25, -0.2) is 4.98 Å². The summed E-state index contributed by atoms with van der Waals surface area (Å²) in [6.07, 6.45) is 3.72. The Balaban J connectivity index is 1.00. The van der Waals surface area contributed by atoms with Crippen molar-refractivity contribution in [2.45, 2.75) is 26.9 Å². The Morgan fingerprint density at radius 1 is 0.435 bits per heavy atom. The molecule has 0 N–H and O–H groups in total. The molecule has 218 valence electrons. The minimum absolute atomic E-state index is 0.571. The van der Waals surface area contributed by atoms with Gasteiger partial charge < -0.3 is 0 Å². The zero-order valence-electron chi connectivity index (χ0n) is 25.8. The number of nitrogens with zero attached hydrogens (tertiary/aromatic N) is 4. The predicted octanol–water partition coefficient (Wildman–Crippen LogP) is 10.1. The lowest BCUT2D eigenvalue weighted by molar-refractivity contribution is 1.02. The van der Waals surface area contributed by atoms with Gasteiger partial charge in [0.05, 0.1) is 24.5 Å². The fourth-order valence-corrected chi connectivity index (χ4v) is 7.23. The molecule has 0 aliphatic heterocycles. The van der Waals surface area contributed by atoms with E-state index in [1.807, 2.05) is 26.3 Å². The van der Waals surface area contributed by atoms with E-state index >= 15 is 0 Å². The van der Waals surface area contributed by atoms with Crippen molar-refractivity contribution in [3.63, 3.8) is 0 Å². The molecule has 0 unspecified atom stereocenters. The molecule has 0 saturated heterocycles. The van der Waals surface area contributed by atoms with Crippen molar-refractivity contribution in [3.8, 4) is 0 Å². The molecule has 0 fully saturated rings. The molecule has 4 heteroatoms. The van der Waals surface area contributed by atoms with Gasteiger partial charge in [-0.15, -0.1) is 0 Å². The second-order valence-corrected chi connectivity index (χ2v) is 12.3. The molecule has 1 heterocycles. The highest BCUT2D eigenvalue weighted by molar-refractivity contribution is 6.24. The third kappa shape index (κ3) is 4.21. The van der Waals surface area contributed by atoms with E-state index < -0.39 is 0 Å². The number of aryl methyl sites for hydroxylation is 2. The summed E-state index contributed by atoms with van der Waals surface area (Å²) in [5, 5.41) is 15.4. The van der Waals surface area contributed by atoms with Crippen LogP contribution in [0.15, 0.2) is 119 Å². The smallest absolute Gasteiger partial charge is 0.103 e. The monoisotopic (exact) mass is 590 g/mol. The first-order valence-corrected chi connectivity index (χ1v) is 15.8. The second-order valence-electron chi connectivity index (χ2n) is 12.3. The maximum absolute atomic E-state index is 4.93. The Morgan fingerprint density at radius 3 is 1.24 bits per heavy atom. The number of benzene rings is 8. The average molecular weight is 591 g/mol. The van der Waals surface area contributed by atoms with Gasteiger partial charge in [0, 0.05) is 12.4 Å². The van der Waals surface area contributed by atoms with Crippen LogP contribution in [0.3, 0.4) is 0 Å². The maximum Gasteiger partial charge on any atom is 0.103 e. The fraction of sp³-hybridized carbons (Fsp3) is 0.0952. The number of hydrogen-bond donors (Lipinski definition) is 0. The standard InChI is InChI=1S/C42H30N4/c1-25-37(23-43-21-33-15-13-31-11-9-27-5-3-7-29-17-19-35(33)41(31)39(27)29)46-38(26(2)45-25)24-44-22-34-16-14-32-12-10-28-6-4-8-30-18-20-36(34)42(32)40(28)30/h3-20,23-24H,21-22H2,1-2H3. The van der Waals surface area contributed by atoms with Gasteiger partial charge in [0.2, 0.25) is 0 Å². The second kappa shape index (κ2) is 10.4. The summed E-state index contributed by atoms with van der Waals surface area (Å²) >= 11 is 0. The van der Waals surface area contributed by atoms with Crippen molar-refractivity contribution in [2.75, 3.05) is 0 Å². The largest absolute Gasteiger partial charge is 0.286 e. The van der Waals surface area contributed by atoms with Crippen LogP contribution in [0.25, 0.3) is 64.6 Å². The van der Waals surface area contributed by atoms with Gasteiger partial charge >= 0.3 is 0 Å². The van der Waals surface area contributed by atoms with E-state index in [1.54, 1.807) is 0 Å². The van der Waals surface area contributed by atoms with Crippen LogP contribution in [0.2, 0.25) is 0 Å². The lowest BCUT2D eigenvalue weighted by Gasteiger charge is -2.13. The fourth-order valence-electron chi connectivity index (χ4n) is 7.23. The maximum atomic E-state index is 4.93. The number of rotatable bonds is 6. The number of aromatic nitrogens is 2. The van der Waals surface area contributed by atoms with Crippen molar-refractivity contribution in [1.29, 1.82) is 0 Å². The molecule has 0 radical (unpaired) electrons. The van der Waals surface area contributed by atoms with Crippen LogP contribution < -0.4 is 0 Å². The molecule has 0 spiro atoms. The van der Waals surface area contributed by atoms with Crippen molar-refractivity contribution in [3.05, 3.63) is 143 Å². The Labute approximate surface area is 266 Å². The summed E-state index contributed by atoms with van der Waals surface area (Å²) in [7, 11) is 0. The van der Waals surface area contributed by atoms with Gasteiger partial charge in [0.25, 0.3) is 0 Å². The molecule has 0 bridgehead atoms. The van der Waals surface area contributed by atoms with Gasteiger partial charge in [-0.3, -0.25) is 15.0 Å².